The van der Waals surface area contributed by atoms with Crippen molar-refractivity contribution in [2.24, 2.45) is 57.7 Å². The third-order valence-corrected chi connectivity index (χ3v) is 12.2. The van der Waals surface area contributed by atoms with Crippen molar-refractivity contribution < 1.29 is 59.8 Å². The van der Waals surface area contributed by atoms with Crippen molar-refractivity contribution in [3.05, 3.63) is 0 Å². The third kappa shape index (κ3) is 10.5. The average molecular weight is 799 g/mol. The van der Waals surface area contributed by atoms with Gasteiger partial charge in [-0.15, -0.1) is 0 Å². The summed E-state index contributed by atoms with van der Waals surface area (Å²) in [7, 11) is 3.34. The van der Waals surface area contributed by atoms with Gasteiger partial charge in [-0.1, -0.05) is 0 Å². The fourth-order valence-corrected chi connectivity index (χ4v) is 8.56. The molecule has 324 valence electrons. The summed E-state index contributed by atoms with van der Waals surface area (Å²) in [6.07, 6.45) is -14.8. The average Bonchev–Trinajstić information content (AvgIpc) is 3.15. The molecule has 0 amide bonds. The molecule has 2 heterocycles. The van der Waals surface area contributed by atoms with E-state index < -0.39 is 134 Å². The van der Waals surface area contributed by atoms with Gasteiger partial charge in [0.15, 0.2) is 0 Å². The second-order valence-corrected chi connectivity index (χ2v) is 16.0. The van der Waals surface area contributed by atoms with Crippen molar-refractivity contribution in [3.63, 3.8) is 0 Å². The second-order valence-electron chi connectivity index (χ2n) is 16.0. The van der Waals surface area contributed by atoms with Crippen molar-refractivity contribution in [2.45, 2.75) is 141 Å². The summed E-state index contributed by atoms with van der Waals surface area (Å²) in [5.74, 6) is -1.50. The molecule has 2 aliphatic heterocycles. The molecule has 2 saturated carbocycles. The van der Waals surface area contributed by atoms with E-state index in [0.717, 1.165) is 0 Å². The van der Waals surface area contributed by atoms with Crippen molar-refractivity contribution in [3.8, 4) is 0 Å². The molecule has 24 N–H and O–H groups in total. The molecule has 22 atom stereocenters. The second kappa shape index (κ2) is 20.4. The first kappa shape index (κ1) is 46.8. The van der Waals surface area contributed by atoms with Gasteiger partial charge in [0.2, 0.25) is 0 Å². The molecule has 22 heteroatoms. The van der Waals surface area contributed by atoms with Crippen LogP contribution in [0.25, 0.3) is 0 Å². The molecule has 0 spiro atoms. The Bertz CT molecular complexity index is 1080. The van der Waals surface area contributed by atoms with Gasteiger partial charge in [-0.05, 0) is 33.4 Å². The van der Waals surface area contributed by atoms with Crippen molar-refractivity contribution >= 4 is 0 Å². The lowest BCUT2D eigenvalue weighted by Gasteiger charge is -2.51. The quantitative estimate of drug-likeness (QED) is 0.0644. The molecule has 22 nitrogen and oxygen atoms in total. The van der Waals surface area contributed by atoms with Crippen molar-refractivity contribution in [2.75, 3.05) is 53.5 Å². The molecule has 0 aromatic carbocycles. The van der Waals surface area contributed by atoms with Gasteiger partial charge in [0, 0.05) is 62.2 Å². The lowest BCUT2D eigenvalue weighted by molar-refractivity contribution is -0.223. The van der Waals surface area contributed by atoms with Crippen LogP contribution >= 0.6 is 0 Å². The van der Waals surface area contributed by atoms with Crippen molar-refractivity contribution in [1.82, 2.24) is 9.80 Å². The smallest absolute Gasteiger partial charge is 0.130 e. The molecule has 2 aliphatic carbocycles. The lowest BCUT2D eigenvalue weighted by atomic mass is 9.71. The van der Waals surface area contributed by atoms with E-state index in [1.807, 2.05) is 0 Å². The SMILES string of the molecule is CN(CCCN(C)[C@@H](O)CO[C@@H]1[C@@H](O)[C@H](N)C[C@H](N)[C@H]1[C@H]1O[C@H](CN)[C@@H](O)[C@H](O)[C@H]1N)[C@@H](O)CO[C@@H]1[C@@H](O)[C@H](N)C[C@H](N)[C@H]1[C@H]1O[C@H](CN)[C@@H](O)[C@H](O)[C@H]1N. The summed E-state index contributed by atoms with van der Waals surface area (Å²) in [5.41, 5.74) is 49.3. The van der Waals surface area contributed by atoms with Crippen LogP contribution in [0.3, 0.4) is 0 Å². The molecular formula is C33H70N10O12. The van der Waals surface area contributed by atoms with Gasteiger partial charge in [0.25, 0.3) is 0 Å². The zero-order chi connectivity index (χ0) is 41.0. The molecule has 0 bridgehead atoms. The largest absolute Gasteiger partial charge is 0.389 e. The number of nitrogens with zero attached hydrogens (tertiary/aromatic N) is 2. The number of likely N-dealkylation sites (N-methyl/N-ethyl adjacent to an activating group) is 2. The van der Waals surface area contributed by atoms with Crippen LogP contribution in [0.15, 0.2) is 0 Å². The van der Waals surface area contributed by atoms with E-state index in [4.69, 9.17) is 64.8 Å². The summed E-state index contributed by atoms with van der Waals surface area (Å²) in [6, 6.07) is -4.89. The van der Waals surface area contributed by atoms with E-state index in [2.05, 4.69) is 0 Å². The number of hydrogen-bond acceptors (Lipinski definition) is 22. The highest BCUT2D eigenvalue weighted by Gasteiger charge is 2.55. The maximum Gasteiger partial charge on any atom is 0.130 e. The third-order valence-electron chi connectivity index (χ3n) is 12.2. The van der Waals surface area contributed by atoms with E-state index in [1.54, 1.807) is 23.9 Å². The minimum atomic E-state index is -1.36. The maximum absolute atomic E-state index is 11.1. The first-order valence-corrected chi connectivity index (χ1v) is 19.2. The lowest BCUT2D eigenvalue weighted by Crippen LogP contribution is -2.70. The highest BCUT2D eigenvalue weighted by molar-refractivity contribution is 5.08. The standard InChI is InChI=1S/C33H70N10O12/c1-42(18(44)10-52-32-20(12(36)6-14(38)24(32)46)30-22(40)28(50)26(48)16(8-34)54-30)4-3-5-43(2)19(45)11-53-33-21(13(37)7-15(39)25(33)47)31-23(41)29(51)27(49)17(9-35)55-31/h12-33,44-51H,3-11,34-41H2,1-2H3/t12-,13-,14+,15+,16+,17+,18-,19-,20-,21-,22+,23+,24-,25-,26+,27+,28+,29+,30+,31+,32-,33-/m0/s1. The van der Waals surface area contributed by atoms with E-state index >= 15 is 0 Å². The van der Waals surface area contributed by atoms with Crippen LogP contribution in [0.4, 0.5) is 0 Å². The molecule has 0 radical (unpaired) electrons. The van der Waals surface area contributed by atoms with Crippen LogP contribution in [0, 0.1) is 11.8 Å². The predicted octanol–water partition coefficient (Wildman–Crippen LogP) is -9.73. The fourth-order valence-electron chi connectivity index (χ4n) is 8.56. The van der Waals surface area contributed by atoms with E-state index in [1.165, 1.54) is 0 Å². The summed E-state index contributed by atoms with van der Waals surface area (Å²) in [6.45, 7) is 0.0346. The number of rotatable bonds is 16. The van der Waals surface area contributed by atoms with Crippen LogP contribution < -0.4 is 45.9 Å². The Balaban J connectivity index is 1.29. The Morgan fingerprint density at radius 2 is 0.909 bits per heavy atom. The Kier molecular flexibility index (Phi) is 17.4. The number of hydrogen-bond donors (Lipinski definition) is 16. The summed E-state index contributed by atoms with van der Waals surface area (Å²) >= 11 is 0. The van der Waals surface area contributed by atoms with Gasteiger partial charge in [-0.25, -0.2) is 0 Å². The molecule has 0 aromatic heterocycles. The van der Waals surface area contributed by atoms with E-state index in [9.17, 15) is 40.9 Å². The maximum atomic E-state index is 11.1. The molecule has 4 rings (SSSR count). The molecule has 55 heavy (non-hydrogen) atoms. The minimum Gasteiger partial charge on any atom is -0.389 e. The van der Waals surface area contributed by atoms with E-state index in [0.29, 0.717) is 19.5 Å². The topological polar surface area (TPSA) is 413 Å². The molecular weight excluding hydrogens is 728 g/mol. The van der Waals surface area contributed by atoms with E-state index in [-0.39, 0.29) is 39.1 Å². The Morgan fingerprint density at radius 1 is 0.564 bits per heavy atom. The molecule has 4 fully saturated rings. The number of aliphatic hydroxyl groups is 8. The number of nitrogens with two attached hydrogens (primary N) is 8. The fraction of sp³-hybridized carbons (Fsp3) is 1.00. The normalized spacial score (nSPS) is 46.9. The summed E-state index contributed by atoms with van der Waals surface area (Å²) < 4.78 is 24.1. The number of ether oxygens (including phenoxy) is 4. The van der Waals surface area contributed by atoms with Crippen LogP contribution in [0.2, 0.25) is 0 Å². The van der Waals surface area contributed by atoms with Gasteiger partial charge >= 0.3 is 0 Å². The van der Waals surface area contributed by atoms with Crippen LogP contribution in [0.1, 0.15) is 19.3 Å². The Morgan fingerprint density at radius 3 is 1.24 bits per heavy atom. The summed E-state index contributed by atoms with van der Waals surface area (Å²) in [4.78, 5) is 3.24. The Labute approximate surface area is 321 Å². The highest BCUT2D eigenvalue weighted by Crippen LogP contribution is 2.37. The molecule has 2 saturated heterocycles. The number of aliphatic hydroxyl groups excluding tert-OH is 8. The van der Waals surface area contributed by atoms with Gasteiger partial charge in [0.05, 0.1) is 74.1 Å². The van der Waals surface area contributed by atoms with Gasteiger partial charge < -0.3 is 106 Å². The molecule has 0 unspecified atom stereocenters. The minimum absolute atomic E-state index is 0.0908. The first-order valence-electron chi connectivity index (χ1n) is 19.2. The Hall–Kier alpha value is -0.880. The predicted molar refractivity (Wildman–Crippen MR) is 197 cm³/mol. The highest BCUT2D eigenvalue weighted by atomic mass is 16.5. The molecule has 4 aliphatic rings. The van der Waals surface area contributed by atoms with Crippen LogP contribution in [-0.4, -0.2) is 226 Å². The zero-order valence-corrected chi connectivity index (χ0v) is 31.8. The van der Waals surface area contributed by atoms with Gasteiger partial charge in [-0.2, -0.15) is 0 Å². The monoisotopic (exact) mass is 799 g/mol. The van der Waals surface area contributed by atoms with Gasteiger partial charge in [-0.3, -0.25) is 9.80 Å². The molecule has 0 aromatic rings. The van der Waals surface area contributed by atoms with Crippen LogP contribution in [-0.2, 0) is 18.9 Å². The zero-order valence-electron chi connectivity index (χ0n) is 31.8. The van der Waals surface area contributed by atoms with Gasteiger partial charge in [0.1, 0.15) is 36.9 Å². The van der Waals surface area contributed by atoms with Crippen LogP contribution in [0.5, 0.6) is 0 Å². The first-order chi connectivity index (χ1) is 25.9. The summed E-state index contributed by atoms with van der Waals surface area (Å²) in [5, 5.41) is 86.0. The van der Waals surface area contributed by atoms with Crippen molar-refractivity contribution in [1.29, 1.82) is 0 Å².